The average molecular weight is 781 g/mol. The van der Waals surface area contributed by atoms with E-state index in [9.17, 15) is 0 Å². The zero-order valence-corrected chi connectivity index (χ0v) is 35.2. The van der Waals surface area contributed by atoms with Gasteiger partial charge < -0.3 is 9.80 Å². The van der Waals surface area contributed by atoms with Gasteiger partial charge in [-0.1, -0.05) is 182 Å². The first-order chi connectivity index (χ1) is 29.5. The minimum absolute atomic E-state index is 0.0711. The summed E-state index contributed by atoms with van der Waals surface area (Å²) in [5.41, 5.74) is 16.6. The highest BCUT2D eigenvalue weighted by Gasteiger charge is 2.35. The van der Waals surface area contributed by atoms with Gasteiger partial charge in [0, 0.05) is 40.2 Å². The van der Waals surface area contributed by atoms with Crippen LogP contribution in [-0.2, 0) is 0 Å². The van der Waals surface area contributed by atoms with Gasteiger partial charge in [-0.2, -0.15) is 0 Å². The Morgan fingerprint density at radius 2 is 1.40 bits per heavy atom. The van der Waals surface area contributed by atoms with Crippen molar-refractivity contribution in [3.8, 4) is 22.3 Å². The third-order valence-electron chi connectivity index (χ3n) is 11.4. The van der Waals surface area contributed by atoms with Crippen molar-refractivity contribution in [1.29, 1.82) is 0 Å². The lowest BCUT2D eigenvalue weighted by Gasteiger charge is -2.39. The molecule has 4 atom stereocenters. The van der Waals surface area contributed by atoms with Crippen LogP contribution < -0.4 is 9.80 Å². The van der Waals surface area contributed by atoms with Gasteiger partial charge in [0.05, 0.1) is 12.1 Å². The van der Waals surface area contributed by atoms with E-state index in [0.29, 0.717) is 0 Å². The summed E-state index contributed by atoms with van der Waals surface area (Å²) in [5, 5.41) is 0. The molecule has 0 spiro atoms. The Morgan fingerprint density at radius 3 is 2.00 bits per heavy atom. The Morgan fingerprint density at radius 1 is 0.750 bits per heavy atom. The molecule has 0 saturated heterocycles. The van der Waals surface area contributed by atoms with Crippen molar-refractivity contribution in [2.75, 3.05) is 9.80 Å². The molecule has 0 amide bonds. The van der Waals surface area contributed by atoms with Crippen LogP contribution in [0, 0.1) is 11.8 Å². The van der Waals surface area contributed by atoms with Gasteiger partial charge >= 0.3 is 0 Å². The van der Waals surface area contributed by atoms with Crippen LogP contribution in [0.3, 0.4) is 0 Å². The van der Waals surface area contributed by atoms with E-state index in [0.717, 1.165) is 41.1 Å². The first-order valence-electron chi connectivity index (χ1n) is 21.2. The van der Waals surface area contributed by atoms with Gasteiger partial charge in [0.1, 0.15) is 0 Å². The summed E-state index contributed by atoms with van der Waals surface area (Å²) in [6.07, 6.45) is 39.1. The van der Waals surface area contributed by atoms with Gasteiger partial charge in [0.25, 0.3) is 0 Å². The van der Waals surface area contributed by atoms with Crippen LogP contribution >= 0.6 is 0 Å². The average Bonchev–Trinajstić information content (AvgIpc) is 3.74. The van der Waals surface area contributed by atoms with Crippen molar-refractivity contribution in [1.82, 2.24) is 0 Å². The lowest BCUT2D eigenvalue weighted by Crippen LogP contribution is -2.37. The first kappa shape index (κ1) is 41.3. The maximum Gasteiger partial charge on any atom is 0.0559 e. The fourth-order valence-corrected chi connectivity index (χ4v) is 8.26. The largest absolute Gasteiger partial charge is 0.337 e. The molecule has 2 heteroatoms. The lowest BCUT2D eigenvalue weighted by molar-refractivity contribution is 0.582. The fourth-order valence-electron chi connectivity index (χ4n) is 8.26. The second-order valence-electron chi connectivity index (χ2n) is 15.4. The van der Waals surface area contributed by atoms with Crippen LogP contribution in [0.5, 0.6) is 0 Å². The second-order valence-corrected chi connectivity index (χ2v) is 15.4. The fraction of sp³-hybridized carbons (Fsp3) is 0.155. The highest BCUT2D eigenvalue weighted by molar-refractivity contribution is 5.70. The van der Waals surface area contributed by atoms with Crippen molar-refractivity contribution < 1.29 is 0 Å². The Labute approximate surface area is 359 Å². The molecular weight excluding hydrogens is 725 g/mol. The van der Waals surface area contributed by atoms with Crippen LogP contribution in [0.1, 0.15) is 33.6 Å². The minimum atomic E-state index is 0.0711. The van der Waals surface area contributed by atoms with E-state index >= 15 is 0 Å². The number of fused-ring (bicyclic) bond motifs is 1. The van der Waals surface area contributed by atoms with Gasteiger partial charge in [0.15, 0.2) is 0 Å². The van der Waals surface area contributed by atoms with Crippen LogP contribution in [-0.4, -0.2) is 12.1 Å². The molecule has 0 N–H and O–H groups in total. The van der Waals surface area contributed by atoms with Gasteiger partial charge in [-0.25, -0.2) is 0 Å². The molecule has 4 aromatic rings. The maximum atomic E-state index is 4.69. The summed E-state index contributed by atoms with van der Waals surface area (Å²) < 4.78 is 0. The van der Waals surface area contributed by atoms with Crippen LogP contribution in [0.4, 0.5) is 11.4 Å². The summed E-state index contributed by atoms with van der Waals surface area (Å²) in [7, 11) is 0. The van der Waals surface area contributed by atoms with E-state index in [1.807, 2.05) is 13.0 Å². The lowest BCUT2D eigenvalue weighted by atomic mass is 9.81. The van der Waals surface area contributed by atoms with Crippen LogP contribution in [0.2, 0.25) is 0 Å². The van der Waals surface area contributed by atoms with E-state index in [1.54, 1.807) is 0 Å². The third kappa shape index (κ3) is 9.70. The normalized spacial score (nSPS) is 19.1. The number of allylic oxidation sites excluding steroid dienone is 15. The molecule has 0 heterocycles. The SMILES string of the molecule is C=CC(C/C=C/C)N(C1=CC=CC2C(C(/C=C\C(=C)N(c3ccc(-c4ccccc4)cc3)C3C=CC(C)=CC3)=C\C=C/C=C\C)=C=CC12)c1ccc(-c2ccccc2)cc1. The predicted octanol–water partition coefficient (Wildman–Crippen LogP) is 15.0. The number of benzene rings is 4. The smallest absolute Gasteiger partial charge is 0.0559 e. The Bertz CT molecular complexity index is 2470. The molecule has 0 saturated carbocycles. The summed E-state index contributed by atoms with van der Waals surface area (Å²) in [6.45, 7) is 15.3. The highest BCUT2D eigenvalue weighted by Crippen LogP contribution is 2.43. The van der Waals surface area contributed by atoms with Crippen molar-refractivity contribution in [2.45, 2.75) is 45.7 Å². The quantitative estimate of drug-likeness (QED) is 0.0635. The number of rotatable bonds is 16. The molecule has 0 fully saturated rings. The van der Waals surface area contributed by atoms with E-state index < -0.39 is 0 Å². The van der Waals surface area contributed by atoms with E-state index in [4.69, 9.17) is 0 Å². The Kier molecular flexibility index (Phi) is 13.9. The predicted molar refractivity (Wildman–Crippen MR) is 260 cm³/mol. The molecule has 0 radical (unpaired) electrons. The number of hydrogen-bond acceptors (Lipinski definition) is 2. The molecule has 0 bridgehead atoms. The maximum absolute atomic E-state index is 4.69. The first-order valence-corrected chi connectivity index (χ1v) is 21.2. The van der Waals surface area contributed by atoms with Gasteiger partial charge in [-0.05, 0) is 104 Å². The van der Waals surface area contributed by atoms with Gasteiger partial charge in [0.2, 0.25) is 0 Å². The van der Waals surface area contributed by atoms with E-state index in [1.165, 1.54) is 33.5 Å². The molecule has 2 nitrogen and oxygen atoms in total. The zero-order valence-electron chi connectivity index (χ0n) is 35.2. The van der Waals surface area contributed by atoms with Crippen molar-refractivity contribution >= 4 is 11.4 Å². The summed E-state index contributed by atoms with van der Waals surface area (Å²) in [5.74, 6) is 0.215. The van der Waals surface area contributed by atoms with Gasteiger partial charge in [-0.15, -0.1) is 12.3 Å². The topological polar surface area (TPSA) is 6.48 Å². The third-order valence-corrected chi connectivity index (χ3v) is 11.4. The van der Waals surface area contributed by atoms with Crippen molar-refractivity contribution in [3.63, 3.8) is 0 Å². The van der Waals surface area contributed by atoms with E-state index in [-0.39, 0.29) is 23.9 Å². The molecule has 4 aromatic carbocycles. The molecule has 4 unspecified atom stereocenters. The second kappa shape index (κ2) is 20.2. The molecule has 7 rings (SSSR count). The highest BCUT2D eigenvalue weighted by atomic mass is 15.2. The number of anilines is 2. The van der Waals surface area contributed by atoms with Crippen LogP contribution in [0.25, 0.3) is 22.3 Å². The number of nitrogens with zero attached hydrogens (tertiary/aromatic N) is 2. The molecular formula is C58H56N2. The molecule has 0 aliphatic heterocycles. The van der Waals surface area contributed by atoms with E-state index in [2.05, 4.69) is 249 Å². The summed E-state index contributed by atoms with van der Waals surface area (Å²) in [6, 6.07) is 39.2. The molecule has 60 heavy (non-hydrogen) atoms. The molecule has 3 aliphatic rings. The summed E-state index contributed by atoms with van der Waals surface area (Å²) >= 11 is 0. The zero-order chi connectivity index (χ0) is 41.7. The van der Waals surface area contributed by atoms with Crippen LogP contribution in [0.15, 0.2) is 259 Å². The summed E-state index contributed by atoms with van der Waals surface area (Å²) in [4.78, 5) is 4.84. The number of hydrogen-bond donors (Lipinski definition) is 0. The van der Waals surface area contributed by atoms with Gasteiger partial charge in [-0.3, -0.25) is 0 Å². The molecule has 298 valence electrons. The Hall–Kier alpha value is -6.86. The van der Waals surface area contributed by atoms with Crippen molar-refractivity contribution in [2.24, 2.45) is 11.8 Å². The monoisotopic (exact) mass is 780 g/mol. The molecule has 3 aliphatic carbocycles. The van der Waals surface area contributed by atoms with Crippen molar-refractivity contribution in [3.05, 3.63) is 259 Å². The minimum Gasteiger partial charge on any atom is -0.337 e. The Balaban J connectivity index is 1.19. The standard InChI is InChI=1S/C58H56N2/c1-6-9-11-14-24-50(31-30-45(5)59(52-36-28-44(4)29-37-52)53-38-32-48(33-39-53)46-20-15-12-16-21-46)55-42-43-57-56(55)26-19-27-58(57)60(51(8-3)25-10-7-2)54-40-34-49(35-41-54)47-22-17-13-18-23-47/h6-24,26-36,38-41,43,51-52,56-57H,3,5,25,37H2,1-2,4H3/b9-6-,10-7+,14-11-,31-30-,50-24-. The molecule has 0 aromatic heterocycles.